The molecule has 1 aromatic carbocycles. The van der Waals surface area contributed by atoms with Crippen molar-refractivity contribution in [2.75, 3.05) is 32.7 Å². The second-order valence-electron chi connectivity index (χ2n) is 4.83. The van der Waals surface area contributed by atoms with Gasteiger partial charge in [-0.05, 0) is 6.07 Å². The third-order valence-corrected chi connectivity index (χ3v) is 3.28. The van der Waals surface area contributed by atoms with E-state index in [0.717, 1.165) is 0 Å². The number of aliphatic hydroxyl groups excluding tert-OH is 1. The highest BCUT2D eigenvalue weighted by Gasteiger charge is 2.20. The lowest BCUT2D eigenvalue weighted by Gasteiger charge is -2.26. The Balaban J connectivity index is 1.81. The second-order valence-corrected chi connectivity index (χ2v) is 4.83. The zero-order valence-corrected chi connectivity index (χ0v) is 11.5. The first-order valence-corrected chi connectivity index (χ1v) is 6.75. The molecule has 1 heterocycles. The van der Waals surface area contributed by atoms with Gasteiger partial charge in [0.2, 0.25) is 11.8 Å². The van der Waals surface area contributed by atoms with Gasteiger partial charge in [0.25, 0.3) is 0 Å². The minimum absolute atomic E-state index is 0.0511. The lowest BCUT2D eigenvalue weighted by atomic mass is 10.1. The zero-order chi connectivity index (χ0) is 15.2. The van der Waals surface area contributed by atoms with E-state index < -0.39 is 11.9 Å². The molecule has 21 heavy (non-hydrogen) atoms. The van der Waals surface area contributed by atoms with Crippen molar-refractivity contribution in [2.45, 2.75) is 6.10 Å². The third kappa shape index (κ3) is 4.24. The van der Waals surface area contributed by atoms with Crippen molar-refractivity contribution in [2.24, 2.45) is 0 Å². The van der Waals surface area contributed by atoms with Gasteiger partial charge in [0, 0.05) is 25.2 Å². The maximum absolute atomic E-state index is 13.5. The summed E-state index contributed by atoms with van der Waals surface area (Å²) in [5.41, 5.74) is 0.135. The molecule has 3 N–H and O–H groups in total. The molecule has 1 unspecified atom stereocenters. The Kier molecular flexibility index (Phi) is 5.24. The number of hydrogen-bond donors (Lipinski definition) is 3. The molecule has 0 aliphatic carbocycles. The van der Waals surface area contributed by atoms with E-state index in [1.165, 1.54) is 23.1 Å². The van der Waals surface area contributed by atoms with Crippen LogP contribution in [0, 0.1) is 5.82 Å². The number of nitrogens with zero attached hydrogens (tertiary/aromatic N) is 1. The van der Waals surface area contributed by atoms with Crippen molar-refractivity contribution in [3.8, 4) is 0 Å². The van der Waals surface area contributed by atoms with Crippen LogP contribution in [0.4, 0.5) is 4.39 Å². The van der Waals surface area contributed by atoms with Crippen molar-refractivity contribution in [3.63, 3.8) is 0 Å². The summed E-state index contributed by atoms with van der Waals surface area (Å²) >= 11 is 0. The summed E-state index contributed by atoms with van der Waals surface area (Å²) < 4.78 is 13.5. The Morgan fingerprint density at radius 3 is 2.95 bits per heavy atom. The van der Waals surface area contributed by atoms with Crippen LogP contribution < -0.4 is 10.6 Å². The average molecular weight is 295 g/mol. The molecule has 1 saturated heterocycles. The number of amides is 2. The van der Waals surface area contributed by atoms with Gasteiger partial charge in [-0.25, -0.2) is 4.39 Å². The summed E-state index contributed by atoms with van der Waals surface area (Å²) in [6.07, 6.45) is -1.12. The van der Waals surface area contributed by atoms with Crippen molar-refractivity contribution >= 4 is 11.8 Å². The third-order valence-electron chi connectivity index (χ3n) is 3.28. The largest absolute Gasteiger partial charge is 0.386 e. The number of carbonyl (C=O) groups is 2. The van der Waals surface area contributed by atoms with Crippen LogP contribution in [0.2, 0.25) is 0 Å². The van der Waals surface area contributed by atoms with Crippen molar-refractivity contribution in [3.05, 3.63) is 35.6 Å². The molecule has 7 heteroatoms. The van der Waals surface area contributed by atoms with Crippen LogP contribution in [0.3, 0.4) is 0 Å². The Hall–Kier alpha value is -1.99. The van der Waals surface area contributed by atoms with Crippen LogP contribution in [0.25, 0.3) is 0 Å². The monoisotopic (exact) mass is 295 g/mol. The molecule has 0 bridgehead atoms. The van der Waals surface area contributed by atoms with Gasteiger partial charge in [-0.3, -0.25) is 9.59 Å². The second kappa shape index (κ2) is 7.14. The summed E-state index contributed by atoms with van der Waals surface area (Å²) in [6.45, 7) is 1.20. The fourth-order valence-corrected chi connectivity index (χ4v) is 2.11. The van der Waals surface area contributed by atoms with Crippen LogP contribution in [0.15, 0.2) is 24.3 Å². The first-order chi connectivity index (χ1) is 10.1. The van der Waals surface area contributed by atoms with Crippen LogP contribution >= 0.6 is 0 Å². The SMILES string of the molecule is O=C(CN1CCNCC1=O)NCC(O)c1ccccc1F. The molecule has 6 nitrogen and oxygen atoms in total. The lowest BCUT2D eigenvalue weighted by Crippen LogP contribution is -2.51. The van der Waals surface area contributed by atoms with E-state index in [2.05, 4.69) is 10.6 Å². The van der Waals surface area contributed by atoms with Gasteiger partial charge in [0.1, 0.15) is 5.82 Å². The van der Waals surface area contributed by atoms with Gasteiger partial charge in [-0.1, -0.05) is 18.2 Å². The molecule has 1 aliphatic rings. The standard InChI is InChI=1S/C14H18FN3O3/c15-11-4-2-1-3-10(11)12(19)7-17-13(20)9-18-6-5-16-8-14(18)21/h1-4,12,16,19H,5-9H2,(H,17,20). The van der Waals surface area contributed by atoms with Gasteiger partial charge < -0.3 is 20.6 Å². The number of halogens is 1. The molecule has 1 atom stereocenters. The highest BCUT2D eigenvalue weighted by atomic mass is 19.1. The predicted molar refractivity (Wildman–Crippen MR) is 73.8 cm³/mol. The Morgan fingerprint density at radius 1 is 1.48 bits per heavy atom. The first kappa shape index (κ1) is 15.4. The quantitative estimate of drug-likeness (QED) is 0.678. The van der Waals surface area contributed by atoms with Crippen molar-refractivity contribution in [1.29, 1.82) is 0 Å². The summed E-state index contributed by atoms with van der Waals surface area (Å²) in [4.78, 5) is 24.7. The average Bonchev–Trinajstić information content (AvgIpc) is 2.48. The highest BCUT2D eigenvalue weighted by molar-refractivity contribution is 5.86. The highest BCUT2D eigenvalue weighted by Crippen LogP contribution is 2.15. The molecule has 1 fully saturated rings. The number of rotatable bonds is 5. The molecule has 2 amide bonds. The van der Waals surface area contributed by atoms with E-state index in [1.54, 1.807) is 6.07 Å². The van der Waals surface area contributed by atoms with Gasteiger partial charge in [-0.15, -0.1) is 0 Å². The number of benzene rings is 1. The zero-order valence-electron chi connectivity index (χ0n) is 11.5. The maximum atomic E-state index is 13.5. The maximum Gasteiger partial charge on any atom is 0.239 e. The minimum atomic E-state index is -1.12. The molecule has 2 rings (SSSR count). The first-order valence-electron chi connectivity index (χ1n) is 6.75. The lowest BCUT2D eigenvalue weighted by molar-refractivity contribution is -0.136. The smallest absolute Gasteiger partial charge is 0.239 e. The summed E-state index contributed by atoms with van der Waals surface area (Å²) in [5, 5.41) is 15.3. The van der Waals surface area contributed by atoms with E-state index in [1.807, 2.05) is 0 Å². The molecule has 0 aromatic heterocycles. The van der Waals surface area contributed by atoms with Crippen molar-refractivity contribution in [1.82, 2.24) is 15.5 Å². The van der Waals surface area contributed by atoms with E-state index in [-0.39, 0.29) is 37.0 Å². The van der Waals surface area contributed by atoms with Crippen molar-refractivity contribution < 1.29 is 19.1 Å². The van der Waals surface area contributed by atoms with E-state index in [9.17, 15) is 19.1 Å². The van der Waals surface area contributed by atoms with Gasteiger partial charge in [-0.2, -0.15) is 0 Å². The number of nitrogens with one attached hydrogen (secondary N) is 2. The molecule has 0 spiro atoms. The van der Waals surface area contributed by atoms with Crippen LogP contribution in [-0.2, 0) is 9.59 Å². The number of carbonyl (C=O) groups excluding carboxylic acids is 2. The van der Waals surface area contributed by atoms with Gasteiger partial charge in [0.05, 0.1) is 19.2 Å². The summed E-state index contributed by atoms with van der Waals surface area (Å²) in [6, 6.07) is 5.86. The Labute approximate surface area is 121 Å². The Bertz CT molecular complexity index is 524. The fraction of sp³-hybridized carbons (Fsp3) is 0.429. The number of hydrogen-bond acceptors (Lipinski definition) is 4. The van der Waals surface area contributed by atoms with Gasteiger partial charge >= 0.3 is 0 Å². The summed E-state index contributed by atoms with van der Waals surface area (Å²) in [5.74, 6) is -1.02. The minimum Gasteiger partial charge on any atom is -0.386 e. The fourth-order valence-electron chi connectivity index (χ4n) is 2.11. The molecule has 114 valence electrons. The predicted octanol–water partition coefficient (Wildman–Crippen LogP) is -0.593. The molecule has 0 radical (unpaired) electrons. The van der Waals surface area contributed by atoms with E-state index >= 15 is 0 Å². The summed E-state index contributed by atoms with van der Waals surface area (Å²) in [7, 11) is 0. The molecule has 0 saturated carbocycles. The Morgan fingerprint density at radius 2 is 2.24 bits per heavy atom. The molecular formula is C14H18FN3O3. The molecule has 1 aromatic rings. The molecular weight excluding hydrogens is 277 g/mol. The van der Waals surface area contributed by atoms with Gasteiger partial charge in [0.15, 0.2) is 0 Å². The van der Waals surface area contributed by atoms with Crippen LogP contribution in [-0.4, -0.2) is 54.5 Å². The van der Waals surface area contributed by atoms with Crippen LogP contribution in [0.5, 0.6) is 0 Å². The van der Waals surface area contributed by atoms with E-state index in [0.29, 0.717) is 13.1 Å². The van der Waals surface area contributed by atoms with E-state index in [4.69, 9.17) is 0 Å². The van der Waals surface area contributed by atoms with Crippen LogP contribution in [0.1, 0.15) is 11.7 Å². The number of piperazine rings is 1. The number of aliphatic hydroxyl groups is 1. The normalized spacial score (nSPS) is 16.7. The topological polar surface area (TPSA) is 81.7 Å². The molecule has 1 aliphatic heterocycles.